The number of aromatic nitrogens is 2. The van der Waals surface area contributed by atoms with Gasteiger partial charge in [0.25, 0.3) is 10.0 Å². The standard InChI is InChI=1S/C15H18N4O2S.ClH/c20-22(21,15-10-17-14-2-1-5-19(14)15)18-7-11-3-4-12-8-16-9-13(12)6-11;/h3-4,6,10,16,18H,1-2,5,7-9H2;1H. The smallest absolute Gasteiger partial charge is 0.258 e. The molecule has 2 aliphatic rings. The van der Waals surface area contributed by atoms with Crippen LogP contribution in [0.4, 0.5) is 0 Å². The third-order valence-electron chi connectivity index (χ3n) is 4.33. The van der Waals surface area contributed by atoms with Gasteiger partial charge in [-0.3, -0.25) is 0 Å². The predicted octanol–water partition coefficient (Wildman–Crippen LogP) is 1.33. The number of sulfonamides is 1. The first-order valence-electron chi connectivity index (χ1n) is 7.49. The normalized spacial score (nSPS) is 16.0. The van der Waals surface area contributed by atoms with Gasteiger partial charge in [-0.15, -0.1) is 12.4 Å². The van der Waals surface area contributed by atoms with Crippen molar-refractivity contribution in [2.45, 2.75) is 44.0 Å². The van der Waals surface area contributed by atoms with Crippen molar-refractivity contribution >= 4 is 22.4 Å². The fraction of sp³-hybridized carbons (Fsp3) is 0.400. The lowest BCUT2D eigenvalue weighted by atomic mass is 10.1. The maximum Gasteiger partial charge on any atom is 0.258 e. The molecule has 0 spiro atoms. The molecule has 2 aliphatic heterocycles. The summed E-state index contributed by atoms with van der Waals surface area (Å²) in [6, 6.07) is 6.11. The third-order valence-corrected chi connectivity index (χ3v) is 5.73. The number of fused-ring (bicyclic) bond motifs is 2. The van der Waals surface area contributed by atoms with Crippen molar-refractivity contribution in [3.63, 3.8) is 0 Å². The Balaban J connectivity index is 0.00000156. The second-order valence-electron chi connectivity index (χ2n) is 5.80. The van der Waals surface area contributed by atoms with E-state index < -0.39 is 10.0 Å². The molecule has 0 saturated carbocycles. The van der Waals surface area contributed by atoms with Crippen molar-refractivity contribution in [1.82, 2.24) is 19.6 Å². The van der Waals surface area contributed by atoms with Crippen LogP contribution < -0.4 is 10.0 Å². The van der Waals surface area contributed by atoms with Crippen LogP contribution in [-0.2, 0) is 42.6 Å². The van der Waals surface area contributed by atoms with Crippen LogP contribution in [0.5, 0.6) is 0 Å². The van der Waals surface area contributed by atoms with Crippen molar-refractivity contribution in [3.8, 4) is 0 Å². The molecule has 1 aromatic carbocycles. The van der Waals surface area contributed by atoms with Gasteiger partial charge in [-0.05, 0) is 23.1 Å². The SMILES string of the molecule is Cl.O=S(=O)(NCc1ccc2c(c1)CNC2)c1cnc2n1CCC2. The summed E-state index contributed by atoms with van der Waals surface area (Å²) >= 11 is 0. The van der Waals surface area contributed by atoms with Gasteiger partial charge in [0.15, 0.2) is 5.03 Å². The summed E-state index contributed by atoms with van der Waals surface area (Å²) in [6.45, 7) is 2.78. The van der Waals surface area contributed by atoms with Crippen LogP contribution in [0, 0.1) is 0 Å². The number of hydrogen-bond acceptors (Lipinski definition) is 4. The molecule has 0 radical (unpaired) electrons. The van der Waals surface area contributed by atoms with Crippen LogP contribution in [0.1, 0.15) is 28.9 Å². The molecule has 8 heteroatoms. The van der Waals surface area contributed by atoms with Gasteiger partial charge in [0.2, 0.25) is 0 Å². The molecule has 0 amide bonds. The first-order valence-corrected chi connectivity index (χ1v) is 8.97. The predicted molar refractivity (Wildman–Crippen MR) is 88.8 cm³/mol. The Morgan fingerprint density at radius 1 is 1.26 bits per heavy atom. The molecule has 3 heterocycles. The summed E-state index contributed by atoms with van der Waals surface area (Å²) in [5.74, 6) is 0.865. The van der Waals surface area contributed by atoms with Gasteiger partial charge in [0.05, 0.1) is 6.20 Å². The van der Waals surface area contributed by atoms with Crippen molar-refractivity contribution < 1.29 is 8.42 Å². The number of nitrogens with zero attached hydrogens (tertiary/aromatic N) is 2. The minimum atomic E-state index is -3.52. The number of halogens is 1. The molecule has 2 N–H and O–H groups in total. The van der Waals surface area contributed by atoms with Gasteiger partial charge in [0.1, 0.15) is 5.82 Å². The van der Waals surface area contributed by atoms with E-state index in [9.17, 15) is 8.42 Å². The van der Waals surface area contributed by atoms with E-state index in [2.05, 4.69) is 27.2 Å². The molecule has 6 nitrogen and oxygen atoms in total. The average molecular weight is 355 g/mol. The lowest BCUT2D eigenvalue weighted by Crippen LogP contribution is -2.25. The van der Waals surface area contributed by atoms with Crippen LogP contribution >= 0.6 is 12.4 Å². The zero-order chi connectivity index (χ0) is 15.2. The Bertz CT molecular complexity index is 832. The summed E-state index contributed by atoms with van der Waals surface area (Å²) < 4.78 is 29.4. The van der Waals surface area contributed by atoms with Crippen molar-refractivity contribution in [2.24, 2.45) is 0 Å². The molecule has 0 atom stereocenters. The highest BCUT2D eigenvalue weighted by molar-refractivity contribution is 7.89. The van der Waals surface area contributed by atoms with Crippen LogP contribution in [0.2, 0.25) is 0 Å². The Morgan fingerprint density at radius 2 is 2.09 bits per heavy atom. The molecule has 124 valence electrons. The topological polar surface area (TPSA) is 76.0 Å². The molecule has 0 bridgehead atoms. The van der Waals surface area contributed by atoms with E-state index >= 15 is 0 Å². The van der Waals surface area contributed by atoms with E-state index in [-0.39, 0.29) is 17.4 Å². The lowest BCUT2D eigenvalue weighted by Gasteiger charge is -2.09. The summed E-state index contributed by atoms with van der Waals surface area (Å²) in [7, 11) is -3.52. The van der Waals surface area contributed by atoms with E-state index in [1.54, 1.807) is 4.57 Å². The second-order valence-corrected chi connectivity index (χ2v) is 7.51. The molecule has 23 heavy (non-hydrogen) atoms. The Morgan fingerprint density at radius 3 is 2.96 bits per heavy atom. The molecule has 0 aliphatic carbocycles. The summed E-state index contributed by atoms with van der Waals surface area (Å²) in [4.78, 5) is 4.20. The number of imidazole rings is 1. The molecule has 0 fully saturated rings. The number of rotatable bonds is 4. The zero-order valence-corrected chi connectivity index (χ0v) is 14.2. The van der Waals surface area contributed by atoms with Crippen LogP contribution in [0.3, 0.4) is 0 Å². The van der Waals surface area contributed by atoms with Gasteiger partial charge in [-0.1, -0.05) is 18.2 Å². The maximum absolute atomic E-state index is 12.5. The van der Waals surface area contributed by atoms with Crippen molar-refractivity contribution in [1.29, 1.82) is 0 Å². The quantitative estimate of drug-likeness (QED) is 0.868. The molecular weight excluding hydrogens is 336 g/mol. The van der Waals surface area contributed by atoms with Gasteiger partial charge >= 0.3 is 0 Å². The molecule has 0 saturated heterocycles. The summed E-state index contributed by atoms with van der Waals surface area (Å²) in [6.07, 6.45) is 3.28. The van der Waals surface area contributed by atoms with Crippen molar-refractivity contribution in [3.05, 3.63) is 46.9 Å². The van der Waals surface area contributed by atoms with Crippen LogP contribution in [-0.4, -0.2) is 18.0 Å². The van der Waals surface area contributed by atoms with E-state index in [0.717, 1.165) is 43.9 Å². The number of nitrogens with one attached hydrogen (secondary N) is 2. The highest BCUT2D eigenvalue weighted by Crippen LogP contribution is 2.21. The first-order chi connectivity index (χ1) is 10.6. The zero-order valence-electron chi connectivity index (χ0n) is 12.6. The van der Waals surface area contributed by atoms with E-state index in [0.29, 0.717) is 6.54 Å². The third kappa shape index (κ3) is 3.01. The molecule has 1 aromatic heterocycles. The van der Waals surface area contributed by atoms with E-state index in [4.69, 9.17) is 0 Å². The Labute approximate surface area is 141 Å². The van der Waals surface area contributed by atoms with Crippen LogP contribution in [0.15, 0.2) is 29.4 Å². The Kier molecular flexibility index (Phi) is 4.46. The molecule has 2 aromatic rings. The van der Waals surface area contributed by atoms with Gasteiger partial charge in [-0.2, -0.15) is 0 Å². The number of aryl methyl sites for hydroxylation is 1. The Hall–Kier alpha value is -1.41. The van der Waals surface area contributed by atoms with Gasteiger partial charge in [-0.25, -0.2) is 18.1 Å². The molecule has 4 rings (SSSR count). The van der Waals surface area contributed by atoms with Gasteiger partial charge in [0, 0.05) is 32.6 Å². The summed E-state index contributed by atoms with van der Waals surface area (Å²) in [5, 5.41) is 3.57. The lowest BCUT2D eigenvalue weighted by molar-refractivity contribution is 0.564. The molecule has 0 unspecified atom stereocenters. The highest BCUT2D eigenvalue weighted by Gasteiger charge is 2.24. The average Bonchev–Trinajstić information content (AvgIpc) is 3.19. The van der Waals surface area contributed by atoms with Crippen LogP contribution in [0.25, 0.3) is 0 Å². The fourth-order valence-electron chi connectivity index (χ4n) is 3.16. The maximum atomic E-state index is 12.5. The van der Waals surface area contributed by atoms with E-state index in [1.165, 1.54) is 17.3 Å². The molecular formula is C15H19ClN4O2S. The number of benzene rings is 1. The second kappa shape index (κ2) is 6.24. The van der Waals surface area contributed by atoms with Gasteiger partial charge < -0.3 is 9.88 Å². The van der Waals surface area contributed by atoms with E-state index in [1.807, 2.05) is 6.07 Å². The minimum Gasteiger partial charge on any atom is -0.318 e. The summed E-state index contributed by atoms with van der Waals surface area (Å²) in [5.41, 5.74) is 3.52. The fourth-order valence-corrected chi connectivity index (χ4v) is 4.34. The number of hydrogen-bond donors (Lipinski definition) is 2. The monoisotopic (exact) mass is 354 g/mol. The first kappa shape index (κ1) is 16.4. The largest absolute Gasteiger partial charge is 0.318 e. The minimum absolute atomic E-state index is 0. The highest BCUT2D eigenvalue weighted by atomic mass is 35.5. The van der Waals surface area contributed by atoms with Crippen molar-refractivity contribution in [2.75, 3.05) is 0 Å².